The predicted octanol–water partition coefficient (Wildman–Crippen LogP) is 1.08. The molecule has 0 spiro atoms. The Morgan fingerprint density at radius 3 is 2.44 bits per heavy atom. The van der Waals surface area contributed by atoms with E-state index in [4.69, 9.17) is 0 Å². The van der Waals surface area contributed by atoms with E-state index in [0.717, 1.165) is 17.0 Å². The largest absolute Gasteiger partial charge is 0.345 e. The normalized spacial score (nSPS) is 17.1. The molecule has 2 heterocycles. The highest BCUT2D eigenvalue weighted by Gasteiger charge is 2.29. The van der Waals surface area contributed by atoms with Crippen LogP contribution in [0, 0.1) is 6.92 Å². The first-order chi connectivity index (χ1) is 11.8. The quantitative estimate of drug-likeness (QED) is 0.813. The molecule has 0 unspecified atom stereocenters. The van der Waals surface area contributed by atoms with Gasteiger partial charge in [0.2, 0.25) is 10.0 Å². The van der Waals surface area contributed by atoms with Crippen molar-refractivity contribution in [2.75, 3.05) is 19.3 Å². The number of nitrogens with zero attached hydrogens (tertiary/aromatic N) is 4. The lowest BCUT2D eigenvalue weighted by Crippen LogP contribution is -2.37. The van der Waals surface area contributed by atoms with Crippen molar-refractivity contribution in [1.82, 2.24) is 18.7 Å². The zero-order valence-corrected chi connectivity index (χ0v) is 15.7. The van der Waals surface area contributed by atoms with Gasteiger partial charge < -0.3 is 0 Å². The number of benzene rings is 1. The fourth-order valence-corrected chi connectivity index (χ4v) is 4.23. The van der Waals surface area contributed by atoms with E-state index in [0.29, 0.717) is 32.5 Å². The highest BCUT2D eigenvalue weighted by Crippen LogP contribution is 2.27. The van der Waals surface area contributed by atoms with Gasteiger partial charge >= 0.3 is 5.69 Å². The lowest BCUT2D eigenvalue weighted by Gasteiger charge is -2.29. The van der Waals surface area contributed by atoms with Gasteiger partial charge in [-0.2, -0.15) is 5.10 Å². The Balaban J connectivity index is 1.81. The standard InChI is InChI=1S/C17H24N4O3S/c1-13-6-4-5-7-15(13)12-21-17(22)19(2)16(18-21)14-8-10-20(11-9-14)25(3,23)24/h4-7,14H,8-12H2,1-3H3. The molecule has 7 nitrogen and oxygen atoms in total. The van der Waals surface area contributed by atoms with Gasteiger partial charge in [-0.15, -0.1) is 0 Å². The number of sulfonamides is 1. The number of hydrogen-bond donors (Lipinski definition) is 0. The Morgan fingerprint density at radius 1 is 1.20 bits per heavy atom. The lowest BCUT2D eigenvalue weighted by molar-refractivity contribution is 0.311. The fraction of sp³-hybridized carbons (Fsp3) is 0.529. The SMILES string of the molecule is Cc1ccccc1Cn1nc(C2CCN(S(C)(=O)=O)CC2)n(C)c1=O. The number of hydrogen-bond acceptors (Lipinski definition) is 4. The Morgan fingerprint density at radius 2 is 1.84 bits per heavy atom. The van der Waals surface area contributed by atoms with Crippen molar-refractivity contribution < 1.29 is 8.42 Å². The number of aromatic nitrogens is 3. The smallest absolute Gasteiger partial charge is 0.282 e. The second kappa shape index (κ2) is 6.76. The maximum atomic E-state index is 12.5. The van der Waals surface area contributed by atoms with E-state index < -0.39 is 10.0 Å². The molecule has 0 bridgehead atoms. The van der Waals surface area contributed by atoms with E-state index in [1.54, 1.807) is 11.6 Å². The molecule has 1 aliphatic heterocycles. The molecule has 1 aliphatic rings. The van der Waals surface area contributed by atoms with Gasteiger partial charge in [0.15, 0.2) is 0 Å². The maximum Gasteiger partial charge on any atom is 0.345 e. The molecule has 0 atom stereocenters. The van der Waals surface area contributed by atoms with Crippen LogP contribution in [-0.4, -0.2) is 46.4 Å². The van der Waals surface area contributed by atoms with Crippen molar-refractivity contribution in [3.05, 3.63) is 51.7 Å². The van der Waals surface area contributed by atoms with Crippen LogP contribution < -0.4 is 5.69 Å². The van der Waals surface area contributed by atoms with Gasteiger partial charge in [-0.1, -0.05) is 24.3 Å². The van der Waals surface area contributed by atoms with Gasteiger partial charge in [-0.05, 0) is 30.9 Å². The third-order valence-corrected chi connectivity index (χ3v) is 6.25. The predicted molar refractivity (Wildman–Crippen MR) is 96.1 cm³/mol. The molecule has 136 valence electrons. The van der Waals surface area contributed by atoms with E-state index in [1.165, 1.54) is 15.2 Å². The number of aryl methyl sites for hydroxylation is 1. The average molecular weight is 364 g/mol. The molecule has 0 aliphatic carbocycles. The molecule has 1 fully saturated rings. The van der Waals surface area contributed by atoms with Gasteiger partial charge in [0.1, 0.15) is 5.82 Å². The van der Waals surface area contributed by atoms with Gasteiger partial charge in [0, 0.05) is 26.1 Å². The van der Waals surface area contributed by atoms with Crippen LogP contribution in [0.5, 0.6) is 0 Å². The summed E-state index contributed by atoms with van der Waals surface area (Å²) >= 11 is 0. The molecular formula is C17H24N4O3S. The van der Waals surface area contributed by atoms with Gasteiger partial charge in [0.25, 0.3) is 0 Å². The van der Waals surface area contributed by atoms with Gasteiger partial charge in [0.05, 0.1) is 12.8 Å². The zero-order chi connectivity index (χ0) is 18.2. The Kier molecular flexibility index (Phi) is 4.83. The number of piperidine rings is 1. The molecule has 0 saturated carbocycles. The third-order valence-electron chi connectivity index (χ3n) is 4.94. The van der Waals surface area contributed by atoms with E-state index in [2.05, 4.69) is 5.10 Å². The molecular weight excluding hydrogens is 340 g/mol. The summed E-state index contributed by atoms with van der Waals surface area (Å²) in [4.78, 5) is 12.5. The second-order valence-electron chi connectivity index (χ2n) is 6.72. The minimum atomic E-state index is -3.15. The molecule has 0 N–H and O–H groups in total. The van der Waals surface area contributed by atoms with Gasteiger partial charge in [-0.25, -0.2) is 22.2 Å². The maximum absolute atomic E-state index is 12.5. The Labute approximate surface area is 147 Å². The average Bonchev–Trinajstić information content (AvgIpc) is 2.85. The second-order valence-corrected chi connectivity index (χ2v) is 8.70. The number of rotatable bonds is 4. The van der Waals surface area contributed by atoms with Crippen molar-refractivity contribution in [1.29, 1.82) is 0 Å². The van der Waals surface area contributed by atoms with E-state index in [1.807, 2.05) is 31.2 Å². The summed E-state index contributed by atoms with van der Waals surface area (Å²) in [5.74, 6) is 0.848. The highest BCUT2D eigenvalue weighted by atomic mass is 32.2. The minimum Gasteiger partial charge on any atom is -0.282 e. The Bertz CT molecular complexity index is 922. The molecule has 1 aromatic carbocycles. The molecule has 25 heavy (non-hydrogen) atoms. The first kappa shape index (κ1) is 17.9. The molecule has 3 rings (SSSR count). The minimum absolute atomic E-state index is 0.105. The van der Waals surface area contributed by atoms with E-state index in [9.17, 15) is 13.2 Å². The first-order valence-electron chi connectivity index (χ1n) is 8.40. The first-order valence-corrected chi connectivity index (χ1v) is 10.3. The van der Waals surface area contributed by atoms with Crippen LogP contribution >= 0.6 is 0 Å². The van der Waals surface area contributed by atoms with Crippen LogP contribution in [0.3, 0.4) is 0 Å². The molecule has 8 heteroatoms. The summed E-state index contributed by atoms with van der Waals surface area (Å²) in [6.07, 6.45) is 2.60. The summed E-state index contributed by atoms with van der Waals surface area (Å²) in [5.41, 5.74) is 2.06. The van der Waals surface area contributed by atoms with Crippen molar-refractivity contribution in [2.45, 2.75) is 32.2 Å². The van der Waals surface area contributed by atoms with Crippen molar-refractivity contribution in [2.24, 2.45) is 7.05 Å². The van der Waals surface area contributed by atoms with Crippen LogP contribution in [0.4, 0.5) is 0 Å². The topological polar surface area (TPSA) is 77.2 Å². The van der Waals surface area contributed by atoms with Crippen LogP contribution in [0.2, 0.25) is 0 Å². The van der Waals surface area contributed by atoms with Crippen molar-refractivity contribution >= 4 is 10.0 Å². The monoisotopic (exact) mass is 364 g/mol. The van der Waals surface area contributed by atoms with Crippen molar-refractivity contribution in [3.63, 3.8) is 0 Å². The van der Waals surface area contributed by atoms with Gasteiger partial charge in [-0.3, -0.25) is 4.57 Å². The molecule has 2 aromatic rings. The fourth-order valence-electron chi connectivity index (χ4n) is 3.36. The van der Waals surface area contributed by atoms with E-state index >= 15 is 0 Å². The summed E-state index contributed by atoms with van der Waals surface area (Å²) in [5, 5.41) is 4.56. The molecule has 1 aromatic heterocycles. The molecule has 1 saturated heterocycles. The summed E-state index contributed by atoms with van der Waals surface area (Å²) in [7, 11) is -1.41. The van der Waals surface area contributed by atoms with Crippen LogP contribution in [0.25, 0.3) is 0 Å². The zero-order valence-electron chi connectivity index (χ0n) is 14.8. The van der Waals surface area contributed by atoms with Crippen LogP contribution in [-0.2, 0) is 23.6 Å². The molecule has 0 radical (unpaired) electrons. The third kappa shape index (κ3) is 3.69. The summed E-state index contributed by atoms with van der Waals surface area (Å²) in [6, 6.07) is 7.95. The van der Waals surface area contributed by atoms with Crippen molar-refractivity contribution in [3.8, 4) is 0 Å². The molecule has 0 amide bonds. The lowest BCUT2D eigenvalue weighted by atomic mass is 9.97. The summed E-state index contributed by atoms with van der Waals surface area (Å²) < 4.78 is 27.9. The van der Waals surface area contributed by atoms with E-state index in [-0.39, 0.29) is 11.6 Å². The summed E-state index contributed by atoms with van der Waals surface area (Å²) in [6.45, 7) is 3.41. The van der Waals surface area contributed by atoms with Crippen LogP contribution in [0.1, 0.15) is 35.7 Å². The van der Waals surface area contributed by atoms with Crippen LogP contribution in [0.15, 0.2) is 29.1 Å². The highest BCUT2D eigenvalue weighted by molar-refractivity contribution is 7.88. The Hall–Kier alpha value is -1.93.